The normalized spacial score (nSPS) is 10.2. The quantitative estimate of drug-likeness (QED) is 0.850. The number of halogens is 2. The topological polar surface area (TPSA) is 54.9 Å². The molecule has 2 rings (SSSR count). The number of pyridine rings is 2. The Morgan fingerprint density at radius 2 is 2.22 bits per heavy atom. The first-order valence-electron chi connectivity index (χ1n) is 5.11. The number of aryl methyl sites for hydroxylation is 1. The van der Waals surface area contributed by atoms with Crippen LogP contribution in [0.15, 0.2) is 30.7 Å². The Hall–Kier alpha value is -2.01. The second-order valence-corrected chi connectivity index (χ2v) is 3.99. The number of hydrogen-bond donors (Lipinski definition) is 1. The molecule has 0 aromatic carbocycles. The predicted molar refractivity (Wildman–Crippen MR) is 66.1 cm³/mol. The van der Waals surface area contributed by atoms with E-state index in [4.69, 9.17) is 11.6 Å². The van der Waals surface area contributed by atoms with Crippen LogP contribution in [0.1, 0.15) is 15.9 Å². The van der Waals surface area contributed by atoms with E-state index in [1.165, 1.54) is 6.20 Å². The molecule has 2 heterocycles. The predicted octanol–water partition coefficient (Wildman–Crippen LogP) is 2.83. The SMILES string of the molecule is Cc1ccncc1NC(=O)c1cc(F)cnc1Cl. The van der Waals surface area contributed by atoms with E-state index in [0.717, 1.165) is 17.8 Å². The maximum absolute atomic E-state index is 13.0. The molecule has 92 valence electrons. The molecule has 0 saturated heterocycles. The number of rotatable bonds is 2. The van der Waals surface area contributed by atoms with Gasteiger partial charge in [-0.1, -0.05) is 11.6 Å². The Morgan fingerprint density at radius 1 is 1.44 bits per heavy atom. The molecule has 6 heteroatoms. The van der Waals surface area contributed by atoms with Gasteiger partial charge in [0.25, 0.3) is 5.91 Å². The van der Waals surface area contributed by atoms with Gasteiger partial charge in [-0.05, 0) is 24.6 Å². The van der Waals surface area contributed by atoms with Gasteiger partial charge in [0.15, 0.2) is 0 Å². The van der Waals surface area contributed by atoms with Crippen molar-refractivity contribution in [3.8, 4) is 0 Å². The summed E-state index contributed by atoms with van der Waals surface area (Å²) >= 11 is 5.74. The van der Waals surface area contributed by atoms with E-state index in [-0.39, 0.29) is 10.7 Å². The molecule has 0 unspecified atom stereocenters. The Bertz CT molecular complexity index is 604. The fraction of sp³-hybridized carbons (Fsp3) is 0.0833. The molecule has 0 aliphatic rings. The average molecular weight is 266 g/mol. The largest absolute Gasteiger partial charge is 0.320 e. The summed E-state index contributed by atoms with van der Waals surface area (Å²) in [5, 5.41) is 2.56. The van der Waals surface area contributed by atoms with Gasteiger partial charge in [-0.25, -0.2) is 9.37 Å². The number of carbonyl (C=O) groups is 1. The first-order chi connectivity index (χ1) is 8.58. The Labute approximate surface area is 108 Å². The maximum atomic E-state index is 13.0. The van der Waals surface area contributed by atoms with E-state index in [2.05, 4.69) is 15.3 Å². The molecule has 0 bridgehead atoms. The Kier molecular flexibility index (Phi) is 3.53. The summed E-state index contributed by atoms with van der Waals surface area (Å²) in [6.45, 7) is 1.82. The molecular formula is C12H9ClFN3O. The minimum absolute atomic E-state index is 0.0140. The molecule has 2 aromatic rings. The van der Waals surface area contributed by atoms with Gasteiger partial charge in [0, 0.05) is 6.20 Å². The van der Waals surface area contributed by atoms with Gasteiger partial charge in [-0.15, -0.1) is 0 Å². The fourth-order valence-corrected chi connectivity index (χ4v) is 1.56. The molecule has 0 aliphatic carbocycles. The molecular weight excluding hydrogens is 257 g/mol. The van der Waals surface area contributed by atoms with Gasteiger partial charge in [0.2, 0.25) is 0 Å². The van der Waals surface area contributed by atoms with Crippen molar-refractivity contribution in [1.29, 1.82) is 0 Å². The number of nitrogens with zero attached hydrogens (tertiary/aromatic N) is 2. The first-order valence-corrected chi connectivity index (χ1v) is 5.48. The van der Waals surface area contributed by atoms with Crippen molar-refractivity contribution in [2.24, 2.45) is 0 Å². The zero-order valence-corrected chi connectivity index (χ0v) is 10.2. The number of aromatic nitrogens is 2. The van der Waals surface area contributed by atoms with Crippen LogP contribution >= 0.6 is 11.6 Å². The van der Waals surface area contributed by atoms with E-state index in [0.29, 0.717) is 5.69 Å². The van der Waals surface area contributed by atoms with E-state index in [9.17, 15) is 9.18 Å². The van der Waals surface area contributed by atoms with E-state index in [1.807, 2.05) is 6.92 Å². The van der Waals surface area contributed by atoms with Crippen molar-refractivity contribution >= 4 is 23.2 Å². The summed E-state index contributed by atoms with van der Waals surface area (Å²) in [7, 11) is 0. The summed E-state index contributed by atoms with van der Waals surface area (Å²) in [5.74, 6) is -1.14. The van der Waals surface area contributed by atoms with E-state index >= 15 is 0 Å². The van der Waals surface area contributed by atoms with Crippen molar-refractivity contribution in [2.75, 3.05) is 5.32 Å². The van der Waals surface area contributed by atoms with E-state index in [1.54, 1.807) is 12.3 Å². The lowest BCUT2D eigenvalue weighted by molar-refractivity contribution is 0.102. The van der Waals surface area contributed by atoms with Crippen LogP contribution in [0, 0.1) is 12.7 Å². The molecule has 2 aromatic heterocycles. The summed E-state index contributed by atoms with van der Waals surface area (Å²) in [5.41, 5.74) is 1.38. The third-order valence-corrected chi connectivity index (χ3v) is 2.64. The monoisotopic (exact) mass is 265 g/mol. The lowest BCUT2D eigenvalue weighted by atomic mass is 10.2. The highest BCUT2D eigenvalue weighted by molar-refractivity contribution is 6.33. The van der Waals surface area contributed by atoms with Gasteiger partial charge < -0.3 is 5.32 Å². The summed E-state index contributed by atoms with van der Waals surface area (Å²) in [6, 6.07) is 2.79. The summed E-state index contributed by atoms with van der Waals surface area (Å²) < 4.78 is 13.0. The first kappa shape index (κ1) is 12.4. The van der Waals surface area contributed by atoms with Crippen molar-refractivity contribution in [3.05, 3.63) is 52.8 Å². The zero-order chi connectivity index (χ0) is 13.1. The van der Waals surface area contributed by atoms with Crippen LogP contribution in [0.4, 0.5) is 10.1 Å². The van der Waals surface area contributed by atoms with Crippen LogP contribution in [0.5, 0.6) is 0 Å². The van der Waals surface area contributed by atoms with Crippen molar-refractivity contribution in [1.82, 2.24) is 9.97 Å². The maximum Gasteiger partial charge on any atom is 0.258 e. The van der Waals surface area contributed by atoms with Crippen LogP contribution in [-0.4, -0.2) is 15.9 Å². The molecule has 0 fully saturated rings. The highest BCUT2D eigenvalue weighted by atomic mass is 35.5. The molecule has 18 heavy (non-hydrogen) atoms. The minimum atomic E-state index is -0.618. The van der Waals surface area contributed by atoms with Gasteiger partial charge in [-0.2, -0.15) is 0 Å². The number of carbonyl (C=O) groups excluding carboxylic acids is 1. The highest BCUT2D eigenvalue weighted by Gasteiger charge is 2.13. The second-order valence-electron chi connectivity index (χ2n) is 3.64. The van der Waals surface area contributed by atoms with Crippen molar-refractivity contribution < 1.29 is 9.18 Å². The standard InChI is InChI=1S/C12H9ClFN3O/c1-7-2-3-15-6-10(7)17-12(18)9-4-8(14)5-16-11(9)13/h2-6H,1H3,(H,17,18). The van der Waals surface area contributed by atoms with Gasteiger partial charge in [-0.3, -0.25) is 9.78 Å². The molecule has 0 spiro atoms. The fourth-order valence-electron chi connectivity index (χ4n) is 1.37. The highest BCUT2D eigenvalue weighted by Crippen LogP contribution is 2.17. The van der Waals surface area contributed by atoms with Crippen LogP contribution in [-0.2, 0) is 0 Å². The molecule has 0 aliphatic heterocycles. The van der Waals surface area contributed by atoms with Crippen LogP contribution in [0.2, 0.25) is 5.15 Å². The third-order valence-electron chi connectivity index (χ3n) is 2.34. The Morgan fingerprint density at radius 3 is 2.94 bits per heavy atom. The smallest absolute Gasteiger partial charge is 0.258 e. The van der Waals surface area contributed by atoms with Crippen LogP contribution in [0.25, 0.3) is 0 Å². The molecule has 1 amide bonds. The van der Waals surface area contributed by atoms with E-state index < -0.39 is 11.7 Å². The van der Waals surface area contributed by atoms with Gasteiger partial charge in [0.1, 0.15) is 11.0 Å². The second kappa shape index (κ2) is 5.10. The minimum Gasteiger partial charge on any atom is -0.320 e. The molecule has 0 radical (unpaired) electrons. The average Bonchev–Trinajstić information content (AvgIpc) is 2.35. The molecule has 0 saturated carbocycles. The molecule has 4 nitrogen and oxygen atoms in total. The summed E-state index contributed by atoms with van der Waals surface area (Å²) in [6.07, 6.45) is 4.07. The molecule has 1 N–H and O–H groups in total. The van der Waals surface area contributed by atoms with Gasteiger partial charge in [0.05, 0.1) is 23.6 Å². The Balaban J connectivity index is 2.28. The summed E-state index contributed by atoms with van der Waals surface area (Å²) in [4.78, 5) is 19.4. The third kappa shape index (κ3) is 2.62. The number of amides is 1. The number of nitrogens with one attached hydrogen (secondary N) is 1. The lowest BCUT2D eigenvalue weighted by Crippen LogP contribution is -2.14. The van der Waals surface area contributed by atoms with Crippen LogP contribution < -0.4 is 5.32 Å². The number of hydrogen-bond acceptors (Lipinski definition) is 3. The molecule has 0 atom stereocenters. The van der Waals surface area contributed by atoms with Crippen molar-refractivity contribution in [2.45, 2.75) is 6.92 Å². The van der Waals surface area contributed by atoms with Crippen LogP contribution in [0.3, 0.4) is 0 Å². The lowest BCUT2D eigenvalue weighted by Gasteiger charge is -2.08. The number of anilines is 1. The zero-order valence-electron chi connectivity index (χ0n) is 9.45. The van der Waals surface area contributed by atoms with Gasteiger partial charge >= 0.3 is 0 Å². The van der Waals surface area contributed by atoms with Crippen molar-refractivity contribution in [3.63, 3.8) is 0 Å².